The van der Waals surface area contributed by atoms with Gasteiger partial charge in [0.15, 0.2) is 5.78 Å². The van der Waals surface area contributed by atoms with Gasteiger partial charge < -0.3 is 19.3 Å². The van der Waals surface area contributed by atoms with Gasteiger partial charge in [0.05, 0.1) is 20.5 Å². The number of ether oxygens (including phenoxy) is 3. The van der Waals surface area contributed by atoms with Crippen LogP contribution in [-0.2, 0) is 4.74 Å². The number of phenols is 1. The first-order valence-electron chi connectivity index (χ1n) is 6.50. The van der Waals surface area contributed by atoms with Crippen LogP contribution in [0.1, 0.15) is 23.7 Å². The topological polar surface area (TPSA) is 65.0 Å². The van der Waals surface area contributed by atoms with E-state index in [1.54, 1.807) is 18.4 Å². The minimum Gasteiger partial charge on any atom is -0.507 e. The number of allylic oxidation sites excluding steroid dienone is 1. The Morgan fingerprint density at radius 2 is 2.14 bits per heavy atom. The molecule has 5 nitrogen and oxygen atoms in total. The molecule has 21 heavy (non-hydrogen) atoms. The van der Waals surface area contributed by atoms with Crippen molar-refractivity contribution in [3.05, 3.63) is 42.2 Å². The summed E-state index contributed by atoms with van der Waals surface area (Å²) in [6, 6.07) is 2.93. The van der Waals surface area contributed by atoms with Crippen LogP contribution in [0.2, 0.25) is 0 Å². The minimum absolute atomic E-state index is 0.101. The molecule has 1 aliphatic heterocycles. The molecule has 0 aromatic heterocycles. The van der Waals surface area contributed by atoms with Crippen molar-refractivity contribution in [2.45, 2.75) is 18.9 Å². The predicted molar refractivity (Wildman–Crippen MR) is 77.9 cm³/mol. The SMILES string of the molecule is COc1cc(O)c(C(=O)C=CC2(C)CC=CO2)c(OC)c1. The number of methoxy groups -OCH3 is 2. The maximum absolute atomic E-state index is 12.3. The van der Waals surface area contributed by atoms with Gasteiger partial charge in [0.1, 0.15) is 28.4 Å². The minimum atomic E-state index is -0.523. The molecular weight excluding hydrogens is 272 g/mol. The number of benzene rings is 1. The maximum Gasteiger partial charge on any atom is 0.193 e. The van der Waals surface area contributed by atoms with Gasteiger partial charge >= 0.3 is 0 Å². The van der Waals surface area contributed by atoms with Crippen molar-refractivity contribution in [2.75, 3.05) is 14.2 Å². The lowest BCUT2D eigenvalue weighted by molar-refractivity contribution is 0.101. The number of ketones is 1. The maximum atomic E-state index is 12.3. The van der Waals surface area contributed by atoms with Crippen LogP contribution in [0, 0.1) is 0 Å². The standard InChI is InChI=1S/C16H18O5/c1-16(6-4-8-21-16)7-5-12(17)15-13(18)9-11(19-2)10-14(15)20-3/h4-5,7-10,18H,6H2,1-3H3. The molecule has 0 amide bonds. The normalized spacial score (nSPS) is 20.5. The summed E-state index contributed by atoms with van der Waals surface area (Å²) in [4.78, 5) is 12.3. The van der Waals surface area contributed by atoms with Crippen LogP contribution in [0.15, 0.2) is 36.6 Å². The van der Waals surface area contributed by atoms with Crippen molar-refractivity contribution in [3.8, 4) is 17.2 Å². The van der Waals surface area contributed by atoms with Crippen LogP contribution in [-0.4, -0.2) is 30.7 Å². The van der Waals surface area contributed by atoms with Gasteiger partial charge in [0.2, 0.25) is 0 Å². The summed E-state index contributed by atoms with van der Waals surface area (Å²) in [5.41, 5.74) is -0.422. The second kappa shape index (κ2) is 5.91. The molecule has 1 aromatic carbocycles. The number of aromatic hydroxyl groups is 1. The first-order valence-corrected chi connectivity index (χ1v) is 6.50. The highest BCUT2D eigenvalue weighted by Crippen LogP contribution is 2.34. The molecule has 1 atom stereocenters. The third-order valence-corrected chi connectivity index (χ3v) is 3.30. The molecule has 1 aliphatic rings. The lowest BCUT2D eigenvalue weighted by Gasteiger charge is -2.18. The first-order chi connectivity index (χ1) is 9.99. The van der Waals surface area contributed by atoms with Crippen molar-refractivity contribution in [1.82, 2.24) is 0 Å². The molecule has 0 fully saturated rings. The van der Waals surface area contributed by atoms with E-state index in [1.165, 1.54) is 26.4 Å². The molecule has 0 aliphatic carbocycles. The molecule has 1 unspecified atom stereocenters. The Balaban J connectivity index is 2.28. The monoisotopic (exact) mass is 290 g/mol. The summed E-state index contributed by atoms with van der Waals surface area (Å²) in [5.74, 6) is 0.137. The van der Waals surface area contributed by atoms with Crippen LogP contribution in [0.25, 0.3) is 0 Å². The van der Waals surface area contributed by atoms with Gasteiger partial charge in [0, 0.05) is 18.6 Å². The van der Waals surface area contributed by atoms with Crippen LogP contribution in [0.5, 0.6) is 17.2 Å². The van der Waals surface area contributed by atoms with Crippen molar-refractivity contribution < 1.29 is 24.1 Å². The molecular formula is C16H18O5. The second-order valence-corrected chi connectivity index (χ2v) is 4.93. The molecule has 0 bridgehead atoms. The quantitative estimate of drug-likeness (QED) is 0.667. The van der Waals surface area contributed by atoms with Crippen LogP contribution >= 0.6 is 0 Å². The molecule has 112 valence electrons. The van der Waals surface area contributed by atoms with E-state index < -0.39 is 5.60 Å². The zero-order valence-corrected chi connectivity index (χ0v) is 12.3. The van der Waals surface area contributed by atoms with Crippen molar-refractivity contribution in [1.29, 1.82) is 0 Å². The van der Waals surface area contributed by atoms with Gasteiger partial charge in [0.25, 0.3) is 0 Å². The number of hydrogen-bond acceptors (Lipinski definition) is 5. The molecule has 0 saturated carbocycles. The summed E-state index contributed by atoms with van der Waals surface area (Å²) >= 11 is 0. The second-order valence-electron chi connectivity index (χ2n) is 4.93. The van der Waals surface area contributed by atoms with Crippen molar-refractivity contribution >= 4 is 5.78 Å². The smallest absolute Gasteiger partial charge is 0.193 e. The van der Waals surface area contributed by atoms with Crippen molar-refractivity contribution in [3.63, 3.8) is 0 Å². The Hall–Kier alpha value is -2.43. The van der Waals surface area contributed by atoms with Crippen LogP contribution in [0.3, 0.4) is 0 Å². The average molecular weight is 290 g/mol. The summed E-state index contributed by atoms with van der Waals surface area (Å²) in [6.07, 6.45) is 7.26. The fraction of sp³-hybridized carbons (Fsp3) is 0.312. The van der Waals surface area contributed by atoms with Gasteiger partial charge in [-0.25, -0.2) is 0 Å². The summed E-state index contributed by atoms with van der Waals surface area (Å²) in [6.45, 7) is 1.88. The van der Waals surface area contributed by atoms with E-state index in [0.29, 0.717) is 12.2 Å². The largest absolute Gasteiger partial charge is 0.507 e. The van der Waals surface area contributed by atoms with E-state index in [9.17, 15) is 9.90 Å². The molecule has 0 radical (unpaired) electrons. The molecule has 5 heteroatoms. The van der Waals surface area contributed by atoms with Crippen LogP contribution < -0.4 is 9.47 Å². The number of hydrogen-bond donors (Lipinski definition) is 1. The Kier molecular flexibility index (Phi) is 4.21. The molecule has 1 N–H and O–H groups in total. The number of rotatable bonds is 5. The van der Waals surface area contributed by atoms with Gasteiger partial charge in [-0.2, -0.15) is 0 Å². The fourth-order valence-corrected chi connectivity index (χ4v) is 2.08. The predicted octanol–water partition coefficient (Wildman–Crippen LogP) is 2.84. The molecule has 1 aromatic rings. The lowest BCUT2D eigenvalue weighted by Crippen LogP contribution is -2.19. The first kappa shape index (κ1) is 15.0. The zero-order valence-electron chi connectivity index (χ0n) is 12.3. The highest BCUT2D eigenvalue weighted by Gasteiger charge is 2.25. The number of phenolic OH excluding ortho intramolecular Hbond substituents is 1. The highest BCUT2D eigenvalue weighted by atomic mass is 16.5. The Morgan fingerprint density at radius 1 is 1.38 bits per heavy atom. The van der Waals surface area contributed by atoms with Gasteiger partial charge in [-0.15, -0.1) is 0 Å². The zero-order chi connectivity index (χ0) is 15.5. The van der Waals surface area contributed by atoms with E-state index in [1.807, 2.05) is 13.0 Å². The fourth-order valence-electron chi connectivity index (χ4n) is 2.08. The third-order valence-electron chi connectivity index (χ3n) is 3.30. The number of carbonyl (C=O) groups is 1. The van der Waals surface area contributed by atoms with E-state index in [4.69, 9.17) is 14.2 Å². The summed E-state index contributed by atoms with van der Waals surface area (Å²) in [5, 5.41) is 10.0. The van der Waals surface area contributed by atoms with Gasteiger partial charge in [-0.05, 0) is 25.2 Å². The Bertz CT molecular complexity index is 593. The van der Waals surface area contributed by atoms with E-state index >= 15 is 0 Å². The summed E-state index contributed by atoms with van der Waals surface area (Å²) < 4.78 is 15.6. The Morgan fingerprint density at radius 3 is 2.71 bits per heavy atom. The molecule has 2 rings (SSSR count). The molecule has 0 spiro atoms. The summed E-state index contributed by atoms with van der Waals surface area (Å²) in [7, 11) is 2.90. The van der Waals surface area contributed by atoms with Gasteiger partial charge in [-0.3, -0.25) is 4.79 Å². The van der Waals surface area contributed by atoms with Gasteiger partial charge in [-0.1, -0.05) is 0 Å². The third kappa shape index (κ3) is 3.18. The molecule has 1 heterocycles. The average Bonchev–Trinajstić information content (AvgIpc) is 2.91. The lowest BCUT2D eigenvalue weighted by atomic mass is 10.0. The Labute approximate surface area is 123 Å². The van der Waals surface area contributed by atoms with E-state index in [2.05, 4.69) is 0 Å². The van der Waals surface area contributed by atoms with E-state index in [0.717, 1.165) is 0 Å². The van der Waals surface area contributed by atoms with Crippen LogP contribution in [0.4, 0.5) is 0 Å². The van der Waals surface area contributed by atoms with E-state index in [-0.39, 0.29) is 22.8 Å². The number of carbonyl (C=O) groups excluding carboxylic acids is 1. The highest BCUT2D eigenvalue weighted by molar-refractivity contribution is 6.08. The molecule has 0 saturated heterocycles. The van der Waals surface area contributed by atoms with Crippen molar-refractivity contribution in [2.24, 2.45) is 0 Å².